The van der Waals surface area contributed by atoms with Crippen molar-refractivity contribution >= 4 is 67.7 Å². The number of alkyl halides is 3. The standard InChI is InChI=1S/C17H6Cl3F3N2OS/c18-9-2-3-10(19)14(20)13(9)15(26)8(6-24)16-25-11-5-7(17(21,22)23)1-4-12(11)27-16/h1-5,26H. The number of fused-ring (bicyclic) bond motifs is 1. The number of rotatable bonds is 2. The van der Waals surface area contributed by atoms with Gasteiger partial charge in [0, 0.05) is 0 Å². The van der Waals surface area contributed by atoms with Crippen molar-refractivity contribution in [3.63, 3.8) is 0 Å². The zero-order chi connectivity index (χ0) is 19.9. The molecule has 0 fully saturated rings. The Hall–Kier alpha value is -1.98. The maximum atomic E-state index is 12.9. The van der Waals surface area contributed by atoms with Gasteiger partial charge < -0.3 is 5.11 Å². The van der Waals surface area contributed by atoms with E-state index in [1.165, 1.54) is 18.2 Å². The minimum absolute atomic E-state index is 0.0245. The first-order chi connectivity index (χ1) is 12.6. The van der Waals surface area contributed by atoms with E-state index in [-0.39, 0.29) is 36.7 Å². The lowest BCUT2D eigenvalue weighted by molar-refractivity contribution is -0.137. The Morgan fingerprint density at radius 3 is 2.41 bits per heavy atom. The molecule has 0 saturated heterocycles. The Morgan fingerprint density at radius 2 is 1.78 bits per heavy atom. The zero-order valence-electron chi connectivity index (χ0n) is 12.9. The van der Waals surface area contributed by atoms with Crippen molar-refractivity contribution in [3.05, 3.63) is 61.5 Å². The Morgan fingerprint density at radius 1 is 1.11 bits per heavy atom. The summed E-state index contributed by atoms with van der Waals surface area (Å²) in [5.74, 6) is -0.565. The van der Waals surface area contributed by atoms with Crippen LogP contribution in [0.15, 0.2) is 30.3 Å². The van der Waals surface area contributed by atoms with Crippen LogP contribution < -0.4 is 0 Å². The fourth-order valence-electron chi connectivity index (χ4n) is 2.28. The number of aliphatic hydroxyl groups is 1. The number of hydrogen-bond donors (Lipinski definition) is 1. The molecule has 0 bridgehead atoms. The van der Waals surface area contributed by atoms with E-state index in [1.54, 1.807) is 6.07 Å². The van der Waals surface area contributed by atoms with Crippen LogP contribution in [0.25, 0.3) is 21.5 Å². The zero-order valence-corrected chi connectivity index (χ0v) is 16.0. The second kappa shape index (κ2) is 7.21. The van der Waals surface area contributed by atoms with Gasteiger partial charge in [-0.1, -0.05) is 34.8 Å². The Bertz CT molecular complexity index is 1130. The number of nitriles is 1. The highest BCUT2D eigenvalue weighted by atomic mass is 35.5. The van der Waals surface area contributed by atoms with Crippen molar-refractivity contribution < 1.29 is 18.3 Å². The summed E-state index contributed by atoms with van der Waals surface area (Å²) < 4.78 is 39.0. The predicted molar refractivity (Wildman–Crippen MR) is 101 cm³/mol. The molecular formula is C17H6Cl3F3N2OS. The Balaban J connectivity index is 2.20. The molecule has 1 N–H and O–H groups in total. The van der Waals surface area contributed by atoms with Crippen LogP contribution in [-0.4, -0.2) is 10.1 Å². The maximum absolute atomic E-state index is 12.9. The molecule has 0 amide bonds. The van der Waals surface area contributed by atoms with Gasteiger partial charge in [-0.2, -0.15) is 18.4 Å². The summed E-state index contributed by atoms with van der Waals surface area (Å²) in [6, 6.07) is 7.66. The van der Waals surface area contributed by atoms with Gasteiger partial charge in [0.1, 0.15) is 22.4 Å². The fraction of sp³-hybridized carbons (Fsp3) is 0.0588. The van der Waals surface area contributed by atoms with Crippen LogP contribution in [0.3, 0.4) is 0 Å². The summed E-state index contributed by atoms with van der Waals surface area (Å²) in [6.45, 7) is 0. The van der Waals surface area contributed by atoms with Crippen molar-refractivity contribution in [2.24, 2.45) is 0 Å². The summed E-state index contributed by atoms with van der Waals surface area (Å²) in [4.78, 5) is 4.05. The molecule has 1 aromatic heterocycles. The normalized spacial score (nSPS) is 12.8. The van der Waals surface area contributed by atoms with Crippen LogP contribution in [0, 0.1) is 11.3 Å². The monoisotopic (exact) mass is 448 g/mol. The smallest absolute Gasteiger partial charge is 0.416 e. The van der Waals surface area contributed by atoms with Crippen molar-refractivity contribution in [1.29, 1.82) is 5.26 Å². The minimum atomic E-state index is -4.52. The number of halogens is 6. The molecule has 3 nitrogen and oxygen atoms in total. The predicted octanol–water partition coefficient (Wildman–Crippen LogP) is 7.23. The highest BCUT2D eigenvalue weighted by Gasteiger charge is 2.31. The second-order valence-corrected chi connectivity index (χ2v) is 7.48. The number of benzene rings is 2. The lowest BCUT2D eigenvalue weighted by atomic mass is 10.1. The van der Waals surface area contributed by atoms with Gasteiger partial charge in [-0.25, -0.2) is 4.98 Å². The topological polar surface area (TPSA) is 56.9 Å². The van der Waals surface area contributed by atoms with Crippen molar-refractivity contribution in [2.45, 2.75) is 6.18 Å². The maximum Gasteiger partial charge on any atom is 0.416 e. The van der Waals surface area contributed by atoms with E-state index in [1.807, 2.05) is 0 Å². The van der Waals surface area contributed by atoms with E-state index in [0.29, 0.717) is 4.70 Å². The number of aliphatic hydroxyl groups excluding tert-OH is 1. The summed E-state index contributed by atoms with van der Waals surface area (Å²) in [7, 11) is 0. The molecule has 0 radical (unpaired) electrons. The summed E-state index contributed by atoms with van der Waals surface area (Å²) in [5.41, 5.74) is -1.15. The van der Waals surface area contributed by atoms with Crippen molar-refractivity contribution in [3.8, 4) is 6.07 Å². The molecule has 0 unspecified atom stereocenters. The molecule has 0 spiro atoms. The minimum Gasteiger partial charge on any atom is -0.506 e. The summed E-state index contributed by atoms with van der Waals surface area (Å²) >= 11 is 19.0. The van der Waals surface area contributed by atoms with Crippen LogP contribution in [0.2, 0.25) is 15.1 Å². The van der Waals surface area contributed by atoms with E-state index in [2.05, 4.69) is 4.98 Å². The van der Waals surface area contributed by atoms with Gasteiger partial charge in [0.15, 0.2) is 0 Å². The quantitative estimate of drug-likeness (QED) is 0.255. The molecule has 0 atom stereocenters. The van der Waals surface area contributed by atoms with E-state index in [9.17, 15) is 23.5 Å². The molecule has 0 saturated carbocycles. The molecule has 0 aliphatic rings. The first kappa shape index (κ1) is 19.8. The van der Waals surface area contributed by atoms with Crippen LogP contribution in [-0.2, 0) is 6.18 Å². The van der Waals surface area contributed by atoms with Crippen LogP contribution in [0.4, 0.5) is 13.2 Å². The van der Waals surface area contributed by atoms with Gasteiger partial charge in [0.2, 0.25) is 0 Å². The molecule has 3 aromatic rings. The third-order valence-corrected chi connectivity index (χ3v) is 5.73. The Kier molecular flexibility index (Phi) is 5.28. The van der Waals surface area contributed by atoms with E-state index < -0.39 is 17.5 Å². The molecule has 3 rings (SSSR count). The largest absolute Gasteiger partial charge is 0.506 e. The van der Waals surface area contributed by atoms with Crippen molar-refractivity contribution in [1.82, 2.24) is 4.98 Å². The summed E-state index contributed by atoms with van der Waals surface area (Å²) in [6.07, 6.45) is -4.52. The van der Waals surface area contributed by atoms with E-state index in [0.717, 1.165) is 23.5 Å². The molecule has 1 heterocycles. The van der Waals surface area contributed by atoms with Crippen LogP contribution in [0.5, 0.6) is 0 Å². The van der Waals surface area contributed by atoms with Crippen LogP contribution >= 0.6 is 46.1 Å². The lowest BCUT2D eigenvalue weighted by Crippen LogP contribution is -2.03. The fourth-order valence-corrected chi connectivity index (χ4v) is 3.93. The van der Waals surface area contributed by atoms with Gasteiger partial charge in [-0.05, 0) is 30.3 Å². The first-order valence-electron chi connectivity index (χ1n) is 7.09. The van der Waals surface area contributed by atoms with Crippen molar-refractivity contribution in [2.75, 3.05) is 0 Å². The number of aromatic nitrogens is 1. The van der Waals surface area contributed by atoms with Gasteiger partial charge >= 0.3 is 6.18 Å². The first-order valence-corrected chi connectivity index (χ1v) is 9.04. The average Bonchev–Trinajstić information content (AvgIpc) is 3.01. The number of nitrogens with zero attached hydrogens (tertiary/aromatic N) is 2. The molecular weight excluding hydrogens is 444 g/mol. The van der Waals surface area contributed by atoms with Gasteiger partial charge in [0.05, 0.1) is 36.4 Å². The van der Waals surface area contributed by atoms with Gasteiger partial charge in [-0.3, -0.25) is 0 Å². The third-order valence-electron chi connectivity index (χ3n) is 3.56. The SMILES string of the molecule is N#CC(=C(O)c1c(Cl)ccc(Cl)c1Cl)c1nc2cc(C(F)(F)F)ccc2s1. The van der Waals surface area contributed by atoms with E-state index >= 15 is 0 Å². The van der Waals surface area contributed by atoms with E-state index in [4.69, 9.17) is 34.8 Å². The molecule has 10 heteroatoms. The molecule has 2 aromatic carbocycles. The van der Waals surface area contributed by atoms with Crippen LogP contribution in [0.1, 0.15) is 16.1 Å². The summed E-state index contributed by atoms with van der Waals surface area (Å²) in [5, 5.41) is 20.1. The molecule has 138 valence electrons. The number of thiazole rings is 1. The highest BCUT2D eigenvalue weighted by molar-refractivity contribution is 7.19. The molecule has 27 heavy (non-hydrogen) atoms. The third kappa shape index (κ3) is 3.71. The second-order valence-electron chi connectivity index (χ2n) is 5.25. The average molecular weight is 450 g/mol. The Labute approximate surface area is 169 Å². The molecule has 0 aliphatic carbocycles. The lowest BCUT2D eigenvalue weighted by Gasteiger charge is -2.08. The molecule has 0 aliphatic heterocycles. The number of allylic oxidation sites excluding steroid dienone is 1. The van der Waals surface area contributed by atoms with Gasteiger partial charge in [0.25, 0.3) is 0 Å². The van der Waals surface area contributed by atoms with Gasteiger partial charge in [-0.15, -0.1) is 11.3 Å². The highest BCUT2D eigenvalue weighted by Crippen LogP contribution is 2.40. The number of hydrogen-bond acceptors (Lipinski definition) is 4.